The van der Waals surface area contributed by atoms with Gasteiger partial charge in [0.05, 0.1) is 5.69 Å². The number of nitrogens with one attached hydrogen (secondary N) is 1. The molecule has 146 valence electrons. The molecule has 2 heterocycles. The van der Waals surface area contributed by atoms with E-state index in [0.29, 0.717) is 11.9 Å². The van der Waals surface area contributed by atoms with Gasteiger partial charge in [-0.25, -0.2) is 4.98 Å². The summed E-state index contributed by atoms with van der Waals surface area (Å²) >= 11 is 0. The Balaban J connectivity index is 1.62. The predicted octanol–water partition coefficient (Wildman–Crippen LogP) is 4.12. The summed E-state index contributed by atoms with van der Waals surface area (Å²) < 4.78 is 0. The Bertz CT molecular complexity index is 743. The first-order valence-corrected chi connectivity index (χ1v) is 10.1. The summed E-state index contributed by atoms with van der Waals surface area (Å²) in [4.78, 5) is 11.4. The number of nitrogen functional groups attached to an aromatic ring is 1. The highest BCUT2D eigenvalue weighted by Crippen LogP contribution is 2.24. The summed E-state index contributed by atoms with van der Waals surface area (Å²) in [6.45, 7) is 13.3. The fourth-order valence-corrected chi connectivity index (χ4v) is 3.97. The molecule has 5 heteroatoms. The Hall–Kier alpha value is -2.14. The number of aryl methyl sites for hydroxylation is 2. The topological polar surface area (TPSA) is 67.1 Å². The molecule has 0 bridgehead atoms. The smallest absolute Gasteiger partial charge is 0.222 e. The van der Waals surface area contributed by atoms with E-state index in [9.17, 15) is 0 Å². The fourth-order valence-electron chi connectivity index (χ4n) is 3.97. The van der Waals surface area contributed by atoms with Gasteiger partial charge in [-0.2, -0.15) is 4.98 Å². The minimum Gasteiger partial charge on any atom is -0.370 e. The van der Waals surface area contributed by atoms with Crippen molar-refractivity contribution in [3.63, 3.8) is 0 Å². The van der Waals surface area contributed by atoms with Crippen LogP contribution in [0.15, 0.2) is 24.3 Å². The first-order valence-electron chi connectivity index (χ1n) is 10.1. The fraction of sp³-hybridized carbons (Fsp3) is 0.545. The van der Waals surface area contributed by atoms with E-state index in [1.54, 1.807) is 0 Å². The minimum atomic E-state index is 0.320. The summed E-state index contributed by atoms with van der Waals surface area (Å²) in [6, 6.07) is 8.46. The maximum Gasteiger partial charge on any atom is 0.222 e. The number of hydrogen-bond donors (Lipinski definition) is 2. The van der Waals surface area contributed by atoms with Crippen molar-refractivity contribution in [1.82, 2.24) is 14.9 Å². The molecule has 2 aromatic rings. The van der Waals surface area contributed by atoms with E-state index < -0.39 is 0 Å². The molecule has 1 aromatic heterocycles. The molecule has 1 aliphatic rings. The molecule has 1 saturated heterocycles. The Morgan fingerprint density at radius 1 is 1.07 bits per heavy atom. The summed E-state index contributed by atoms with van der Waals surface area (Å²) in [7, 11) is 0. The van der Waals surface area contributed by atoms with Crippen LogP contribution in [0.5, 0.6) is 0 Å². The zero-order valence-electron chi connectivity index (χ0n) is 17.1. The number of nitrogens with zero attached hydrogens (tertiary/aromatic N) is 3. The molecule has 27 heavy (non-hydrogen) atoms. The normalized spacial score (nSPS) is 16.0. The van der Waals surface area contributed by atoms with Crippen LogP contribution < -0.4 is 11.1 Å². The predicted molar refractivity (Wildman–Crippen MR) is 114 cm³/mol. The second-order valence-electron chi connectivity index (χ2n) is 8.39. The Kier molecular flexibility index (Phi) is 6.32. The summed E-state index contributed by atoms with van der Waals surface area (Å²) in [6.07, 6.45) is 2.48. The van der Waals surface area contributed by atoms with E-state index >= 15 is 0 Å². The first-order chi connectivity index (χ1) is 12.9. The van der Waals surface area contributed by atoms with Gasteiger partial charge in [0.15, 0.2) is 0 Å². The molecule has 0 atom stereocenters. The standard InChI is InChI=1S/C22H33N5/c1-15(2)14-27-7-5-18(6-8-27)13-24-21-12-20(25-22(23)26-21)19-10-16(3)9-17(4)11-19/h9-12,15,18H,5-8,13-14H2,1-4H3,(H3,23,24,25,26). The monoisotopic (exact) mass is 367 g/mol. The van der Waals surface area contributed by atoms with Gasteiger partial charge in [-0.05, 0) is 63.7 Å². The van der Waals surface area contributed by atoms with Crippen molar-refractivity contribution in [2.45, 2.75) is 40.5 Å². The number of aromatic nitrogens is 2. The number of anilines is 2. The van der Waals surface area contributed by atoms with Gasteiger partial charge in [0.2, 0.25) is 5.95 Å². The van der Waals surface area contributed by atoms with Crippen LogP contribution in [-0.4, -0.2) is 41.0 Å². The number of rotatable bonds is 6. The van der Waals surface area contributed by atoms with Crippen LogP contribution in [0.4, 0.5) is 11.8 Å². The first kappa shape index (κ1) is 19.6. The van der Waals surface area contributed by atoms with Crippen molar-refractivity contribution in [1.29, 1.82) is 0 Å². The third-order valence-electron chi connectivity index (χ3n) is 5.16. The molecule has 0 spiro atoms. The van der Waals surface area contributed by atoms with Crippen LogP contribution in [-0.2, 0) is 0 Å². The molecule has 0 unspecified atom stereocenters. The molecule has 0 saturated carbocycles. The molecule has 1 aliphatic heterocycles. The number of benzene rings is 1. The summed E-state index contributed by atoms with van der Waals surface area (Å²) in [5, 5.41) is 3.50. The van der Waals surface area contributed by atoms with Gasteiger partial charge in [-0.15, -0.1) is 0 Å². The average Bonchev–Trinajstić information content (AvgIpc) is 2.59. The SMILES string of the molecule is Cc1cc(C)cc(-c2cc(NCC3CCN(CC(C)C)CC3)nc(N)n2)c1. The maximum absolute atomic E-state index is 5.98. The molecule has 3 rings (SSSR count). The molecule has 5 nitrogen and oxygen atoms in total. The van der Waals surface area contributed by atoms with Crippen LogP contribution in [0.1, 0.15) is 37.8 Å². The Morgan fingerprint density at radius 3 is 2.37 bits per heavy atom. The second-order valence-corrected chi connectivity index (χ2v) is 8.39. The zero-order valence-corrected chi connectivity index (χ0v) is 17.1. The largest absolute Gasteiger partial charge is 0.370 e. The van der Waals surface area contributed by atoms with E-state index in [1.807, 2.05) is 6.07 Å². The third kappa shape index (κ3) is 5.67. The van der Waals surface area contributed by atoms with Gasteiger partial charge < -0.3 is 16.0 Å². The number of nitrogens with two attached hydrogens (primary N) is 1. The van der Waals surface area contributed by atoms with Crippen LogP contribution in [0, 0.1) is 25.7 Å². The van der Waals surface area contributed by atoms with Gasteiger partial charge in [0.25, 0.3) is 0 Å². The molecule has 0 radical (unpaired) electrons. The second kappa shape index (κ2) is 8.70. The quantitative estimate of drug-likeness (QED) is 0.804. The maximum atomic E-state index is 5.98. The Labute approximate surface area is 163 Å². The van der Waals surface area contributed by atoms with Gasteiger partial charge in [-0.3, -0.25) is 0 Å². The van der Waals surface area contributed by atoms with Gasteiger partial charge in [0.1, 0.15) is 5.82 Å². The van der Waals surface area contributed by atoms with E-state index in [2.05, 4.69) is 66.1 Å². The highest BCUT2D eigenvalue weighted by Gasteiger charge is 2.19. The number of hydrogen-bond acceptors (Lipinski definition) is 5. The van der Waals surface area contributed by atoms with Crippen LogP contribution >= 0.6 is 0 Å². The average molecular weight is 368 g/mol. The minimum absolute atomic E-state index is 0.320. The van der Waals surface area contributed by atoms with E-state index in [1.165, 1.54) is 43.6 Å². The van der Waals surface area contributed by atoms with Crippen molar-refractivity contribution in [3.05, 3.63) is 35.4 Å². The van der Waals surface area contributed by atoms with E-state index in [-0.39, 0.29) is 0 Å². The third-order valence-corrected chi connectivity index (χ3v) is 5.16. The van der Waals surface area contributed by atoms with Crippen molar-refractivity contribution < 1.29 is 0 Å². The van der Waals surface area contributed by atoms with E-state index in [0.717, 1.165) is 29.5 Å². The van der Waals surface area contributed by atoms with Crippen LogP contribution in [0.2, 0.25) is 0 Å². The van der Waals surface area contributed by atoms with Crippen molar-refractivity contribution in [2.24, 2.45) is 11.8 Å². The van der Waals surface area contributed by atoms with Crippen molar-refractivity contribution >= 4 is 11.8 Å². The van der Waals surface area contributed by atoms with Crippen molar-refractivity contribution in [3.8, 4) is 11.3 Å². The van der Waals surface area contributed by atoms with Gasteiger partial charge >= 0.3 is 0 Å². The zero-order chi connectivity index (χ0) is 19.4. The lowest BCUT2D eigenvalue weighted by molar-refractivity contribution is 0.172. The summed E-state index contributed by atoms with van der Waals surface area (Å²) in [5.74, 6) is 2.57. The number of likely N-dealkylation sites (tertiary alicyclic amines) is 1. The summed E-state index contributed by atoms with van der Waals surface area (Å²) in [5.41, 5.74) is 10.4. The molecule has 0 amide bonds. The molecule has 1 fully saturated rings. The van der Waals surface area contributed by atoms with E-state index in [4.69, 9.17) is 5.73 Å². The number of piperidine rings is 1. The molecule has 0 aliphatic carbocycles. The van der Waals surface area contributed by atoms with Gasteiger partial charge in [-0.1, -0.05) is 31.0 Å². The molecule has 1 aromatic carbocycles. The molecule has 3 N–H and O–H groups in total. The van der Waals surface area contributed by atoms with Gasteiger partial charge in [0, 0.05) is 24.7 Å². The van der Waals surface area contributed by atoms with Crippen molar-refractivity contribution in [2.75, 3.05) is 37.2 Å². The van der Waals surface area contributed by atoms with Crippen LogP contribution in [0.25, 0.3) is 11.3 Å². The molecular formula is C22H33N5. The highest BCUT2D eigenvalue weighted by atomic mass is 15.1. The lowest BCUT2D eigenvalue weighted by atomic mass is 9.96. The Morgan fingerprint density at radius 2 is 1.74 bits per heavy atom. The highest BCUT2D eigenvalue weighted by molar-refractivity contribution is 5.65. The lowest BCUT2D eigenvalue weighted by Gasteiger charge is -2.33. The van der Waals surface area contributed by atoms with Crippen LogP contribution in [0.3, 0.4) is 0 Å². The molecular weight excluding hydrogens is 334 g/mol. The lowest BCUT2D eigenvalue weighted by Crippen LogP contribution is -2.37.